The molecule has 0 radical (unpaired) electrons. The minimum absolute atomic E-state index is 0.0236. The summed E-state index contributed by atoms with van der Waals surface area (Å²) in [5.41, 5.74) is 2.26. The number of benzene rings is 1. The van der Waals surface area contributed by atoms with E-state index in [0.29, 0.717) is 30.3 Å². The second-order valence-electron chi connectivity index (χ2n) is 6.90. The number of aliphatic hydroxyl groups is 2. The predicted octanol–water partition coefficient (Wildman–Crippen LogP) is 0.193. The Labute approximate surface area is 196 Å². The number of furan rings is 1. The Kier molecular flexibility index (Phi) is 11.3. The summed E-state index contributed by atoms with van der Waals surface area (Å²) in [5, 5.41) is 29.3. The van der Waals surface area contributed by atoms with E-state index >= 15 is 0 Å². The topological polar surface area (TPSA) is 150 Å². The molecule has 0 saturated carbocycles. The van der Waals surface area contributed by atoms with Gasteiger partial charge in [-0.25, -0.2) is 5.48 Å². The summed E-state index contributed by atoms with van der Waals surface area (Å²) in [7, 11) is 0. The third kappa shape index (κ3) is 9.08. The summed E-state index contributed by atoms with van der Waals surface area (Å²) in [4.78, 5) is 23.8. The van der Waals surface area contributed by atoms with Gasteiger partial charge in [-0.1, -0.05) is 5.92 Å². The maximum atomic E-state index is 12.3. The van der Waals surface area contributed by atoms with Crippen LogP contribution < -0.4 is 10.8 Å². The summed E-state index contributed by atoms with van der Waals surface area (Å²) in [6.07, 6.45) is -1.20. The van der Waals surface area contributed by atoms with Gasteiger partial charge in [0, 0.05) is 11.1 Å². The van der Waals surface area contributed by atoms with Crippen LogP contribution in [-0.4, -0.2) is 65.8 Å². The van der Waals surface area contributed by atoms with Gasteiger partial charge in [0.25, 0.3) is 11.8 Å². The van der Waals surface area contributed by atoms with E-state index in [1.807, 2.05) is 0 Å². The Balaban J connectivity index is 1.86. The first-order valence-corrected chi connectivity index (χ1v) is 10.3. The molecule has 1 aromatic carbocycles. The van der Waals surface area contributed by atoms with Crippen molar-refractivity contribution in [3.63, 3.8) is 0 Å². The highest BCUT2D eigenvalue weighted by atomic mass is 16.5. The lowest BCUT2D eigenvalue weighted by atomic mass is 10.1. The molecule has 2 aromatic rings. The highest BCUT2D eigenvalue weighted by Gasteiger charge is 2.25. The maximum Gasteiger partial charge on any atom is 0.268 e. The Hall–Kier alpha value is -3.64. The lowest BCUT2D eigenvalue weighted by Crippen LogP contribution is -2.51. The summed E-state index contributed by atoms with van der Waals surface area (Å²) in [6.45, 7) is 2.61. The van der Waals surface area contributed by atoms with Crippen LogP contribution in [0.2, 0.25) is 0 Å². The number of hydroxylamine groups is 1. The van der Waals surface area contributed by atoms with Crippen molar-refractivity contribution in [3.8, 4) is 23.7 Å². The lowest BCUT2D eigenvalue weighted by Gasteiger charge is -2.19. The molecule has 1 aromatic heterocycles. The van der Waals surface area contributed by atoms with Crippen LogP contribution in [0.3, 0.4) is 0 Å². The lowest BCUT2D eigenvalue weighted by molar-refractivity contribution is -0.133. The molecule has 0 aliphatic rings. The van der Waals surface area contributed by atoms with Crippen LogP contribution in [-0.2, 0) is 20.9 Å². The minimum Gasteiger partial charge on any atom is -0.450 e. The van der Waals surface area contributed by atoms with Crippen molar-refractivity contribution < 1.29 is 38.9 Å². The summed E-state index contributed by atoms with van der Waals surface area (Å²) in [6, 6.07) is 8.40. The van der Waals surface area contributed by atoms with Crippen LogP contribution in [0.1, 0.15) is 34.4 Å². The number of hydrogen-bond donors (Lipinski definition) is 5. The van der Waals surface area contributed by atoms with Gasteiger partial charge in [0.05, 0.1) is 32.5 Å². The van der Waals surface area contributed by atoms with Gasteiger partial charge in [0.1, 0.15) is 18.4 Å². The van der Waals surface area contributed by atoms with Crippen molar-refractivity contribution in [3.05, 3.63) is 59.0 Å². The molecular weight excluding hydrogens is 444 g/mol. The molecule has 2 atom stereocenters. The summed E-state index contributed by atoms with van der Waals surface area (Å²) >= 11 is 0. The molecule has 0 spiro atoms. The minimum atomic E-state index is -1.30. The zero-order chi connectivity index (χ0) is 24.8. The first-order valence-electron chi connectivity index (χ1n) is 10.3. The molecule has 10 heteroatoms. The molecule has 5 N–H and O–H groups in total. The van der Waals surface area contributed by atoms with E-state index in [9.17, 15) is 14.7 Å². The Bertz CT molecular complexity index is 1050. The molecule has 2 amide bonds. The number of rotatable bonds is 11. The quantitative estimate of drug-likeness (QED) is 0.135. The second-order valence-corrected chi connectivity index (χ2v) is 6.90. The van der Waals surface area contributed by atoms with E-state index in [1.165, 1.54) is 24.5 Å². The van der Waals surface area contributed by atoms with Gasteiger partial charge in [-0.3, -0.25) is 14.8 Å². The summed E-state index contributed by atoms with van der Waals surface area (Å²) in [5.74, 6) is 10.5. The van der Waals surface area contributed by atoms with Crippen LogP contribution >= 0.6 is 0 Å². The fourth-order valence-corrected chi connectivity index (χ4v) is 2.58. The largest absolute Gasteiger partial charge is 0.450 e. The van der Waals surface area contributed by atoms with Crippen LogP contribution in [0.15, 0.2) is 40.8 Å². The molecule has 0 aliphatic heterocycles. The fraction of sp³-hybridized carbons (Fsp3) is 0.333. The number of carbonyl (C=O) groups is 2. The van der Waals surface area contributed by atoms with Crippen LogP contribution in [0.25, 0.3) is 0 Å². The van der Waals surface area contributed by atoms with E-state index in [0.717, 1.165) is 0 Å². The standard InChI is InChI=1S/C24H26N2O8/c1-17(28)22(24(30)26-31)25-23(29)19-8-6-18(7-9-19)4-2-3-5-20-10-11-21(34-20)16-33-15-14-32-13-12-27/h6-11,17,22,27-28,31H,12-16H2,1H3,(H,25,29)(H,26,30)/t17-,22+/m1/s1. The van der Waals surface area contributed by atoms with Crippen LogP contribution in [0, 0.1) is 23.7 Å². The molecule has 0 bridgehead atoms. The number of aliphatic hydroxyl groups excluding tert-OH is 2. The summed E-state index contributed by atoms with van der Waals surface area (Å²) < 4.78 is 16.0. The van der Waals surface area contributed by atoms with Crippen molar-refractivity contribution in [1.29, 1.82) is 0 Å². The highest BCUT2D eigenvalue weighted by Crippen LogP contribution is 2.08. The molecule has 10 nitrogen and oxygen atoms in total. The van der Waals surface area contributed by atoms with Gasteiger partial charge in [-0.15, -0.1) is 0 Å². The molecule has 1 heterocycles. The molecule has 2 rings (SSSR count). The van der Waals surface area contributed by atoms with Gasteiger partial charge in [0.2, 0.25) is 0 Å². The molecule has 34 heavy (non-hydrogen) atoms. The molecule has 180 valence electrons. The molecule has 0 fully saturated rings. The average Bonchev–Trinajstić information content (AvgIpc) is 3.29. The van der Waals surface area contributed by atoms with Gasteiger partial charge in [0.15, 0.2) is 5.76 Å². The van der Waals surface area contributed by atoms with Crippen molar-refractivity contribution in [1.82, 2.24) is 10.8 Å². The van der Waals surface area contributed by atoms with Gasteiger partial charge >= 0.3 is 0 Å². The van der Waals surface area contributed by atoms with Crippen LogP contribution in [0.5, 0.6) is 0 Å². The molecule has 0 saturated heterocycles. The van der Waals surface area contributed by atoms with Gasteiger partial charge in [-0.2, -0.15) is 0 Å². The average molecular weight is 470 g/mol. The van der Waals surface area contributed by atoms with Crippen LogP contribution in [0.4, 0.5) is 0 Å². The fourth-order valence-electron chi connectivity index (χ4n) is 2.58. The third-order valence-electron chi connectivity index (χ3n) is 4.28. The maximum absolute atomic E-state index is 12.3. The highest BCUT2D eigenvalue weighted by molar-refractivity contribution is 5.97. The predicted molar refractivity (Wildman–Crippen MR) is 119 cm³/mol. The van der Waals surface area contributed by atoms with Crippen molar-refractivity contribution in [2.24, 2.45) is 0 Å². The Morgan fingerprint density at radius 3 is 2.41 bits per heavy atom. The van der Waals surface area contributed by atoms with Crippen molar-refractivity contribution in [2.75, 3.05) is 26.4 Å². The van der Waals surface area contributed by atoms with Gasteiger partial charge in [-0.05, 0) is 61.1 Å². The van der Waals surface area contributed by atoms with Crippen molar-refractivity contribution >= 4 is 11.8 Å². The third-order valence-corrected chi connectivity index (χ3v) is 4.28. The number of carbonyl (C=O) groups excluding carboxylic acids is 2. The zero-order valence-corrected chi connectivity index (χ0v) is 18.5. The van der Waals surface area contributed by atoms with E-state index < -0.39 is 24.0 Å². The first-order chi connectivity index (χ1) is 16.4. The number of amides is 2. The molecular formula is C24H26N2O8. The first kappa shape index (κ1) is 26.6. The second kappa shape index (κ2) is 14.5. The zero-order valence-electron chi connectivity index (χ0n) is 18.5. The molecule has 0 unspecified atom stereocenters. The normalized spacial score (nSPS) is 11.9. The number of hydrogen-bond acceptors (Lipinski definition) is 8. The number of ether oxygens (including phenoxy) is 2. The number of nitrogens with one attached hydrogen (secondary N) is 2. The van der Waals surface area contributed by atoms with E-state index in [-0.39, 0.29) is 25.4 Å². The van der Waals surface area contributed by atoms with Crippen molar-refractivity contribution in [2.45, 2.75) is 25.7 Å². The van der Waals surface area contributed by atoms with Gasteiger partial charge < -0.3 is 29.4 Å². The Morgan fingerprint density at radius 2 is 1.74 bits per heavy atom. The smallest absolute Gasteiger partial charge is 0.268 e. The van der Waals surface area contributed by atoms with E-state index in [4.69, 9.17) is 24.2 Å². The SMILES string of the molecule is C[C@@H](O)[C@H](NC(=O)c1ccc(C#CC#Cc2ccc(COCCOCCO)o2)cc1)C(=O)NO. The Morgan fingerprint density at radius 1 is 1.03 bits per heavy atom. The molecule has 0 aliphatic carbocycles. The van der Waals surface area contributed by atoms with E-state index in [2.05, 4.69) is 29.0 Å². The monoisotopic (exact) mass is 470 g/mol. The van der Waals surface area contributed by atoms with E-state index in [1.54, 1.807) is 24.3 Å².